The van der Waals surface area contributed by atoms with E-state index in [0.717, 1.165) is 0 Å². The number of rotatable bonds is 3. The van der Waals surface area contributed by atoms with Crippen LogP contribution >= 0.6 is 15.9 Å². The predicted molar refractivity (Wildman–Crippen MR) is 86.8 cm³/mol. The first-order valence-electron chi connectivity index (χ1n) is 6.67. The van der Waals surface area contributed by atoms with Gasteiger partial charge in [-0.1, -0.05) is 11.8 Å². The average Bonchev–Trinajstić information content (AvgIpc) is 2.37. The van der Waals surface area contributed by atoms with Gasteiger partial charge in [0.2, 0.25) is 0 Å². The molecule has 0 aliphatic carbocycles. The molecular weight excluding hydrogens is 350 g/mol. The van der Waals surface area contributed by atoms with Crippen LogP contribution in [0.25, 0.3) is 0 Å². The Balaban J connectivity index is 2.50. The molecule has 5 nitrogen and oxygen atoms in total. The number of carbonyl (C=O) groups is 2. The lowest BCUT2D eigenvalue weighted by Crippen LogP contribution is -2.32. The Bertz CT molecular complexity index is 623. The Kier molecular flexibility index (Phi) is 6.44. The van der Waals surface area contributed by atoms with Crippen LogP contribution in [0.4, 0.5) is 4.79 Å². The fourth-order valence-corrected chi connectivity index (χ4v) is 1.89. The van der Waals surface area contributed by atoms with Crippen LogP contribution in [-0.4, -0.2) is 29.3 Å². The van der Waals surface area contributed by atoms with E-state index in [1.807, 2.05) is 0 Å². The number of alkyl carbamates (subject to hydrolysis) is 1. The van der Waals surface area contributed by atoms with Crippen molar-refractivity contribution in [3.63, 3.8) is 0 Å². The number of carbonyl (C=O) groups excluding carboxylic acids is 1. The quantitative estimate of drug-likeness (QED) is 0.633. The zero-order valence-corrected chi connectivity index (χ0v) is 14.3. The lowest BCUT2D eigenvalue weighted by atomic mass is 10.1. The van der Waals surface area contributed by atoms with Crippen LogP contribution in [0.15, 0.2) is 22.7 Å². The minimum atomic E-state index is -1.01. The molecule has 0 fully saturated rings. The molecule has 2 N–H and O–H groups in total. The molecule has 1 amide bonds. The van der Waals surface area contributed by atoms with E-state index in [1.54, 1.807) is 32.9 Å². The van der Waals surface area contributed by atoms with E-state index in [9.17, 15) is 9.59 Å². The molecule has 22 heavy (non-hydrogen) atoms. The molecule has 118 valence electrons. The van der Waals surface area contributed by atoms with E-state index in [4.69, 9.17) is 9.84 Å². The Morgan fingerprint density at radius 2 is 2.05 bits per heavy atom. The maximum atomic E-state index is 11.4. The van der Waals surface area contributed by atoms with Crippen LogP contribution in [0.5, 0.6) is 0 Å². The number of hydrogen-bond donors (Lipinski definition) is 2. The van der Waals surface area contributed by atoms with Crippen molar-refractivity contribution in [2.24, 2.45) is 0 Å². The fourth-order valence-electron chi connectivity index (χ4n) is 1.47. The molecule has 0 unspecified atom stereocenters. The van der Waals surface area contributed by atoms with Gasteiger partial charge in [-0.05, 0) is 54.9 Å². The smallest absolute Gasteiger partial charge is 0.407 e. The van der Waals surface area contributed by atoms with Gasteiger partial charge in [-0.3, -0.25) is 0 Å². The highest BCUT2D eigenvalue weighted by molar-refractivity contribution is 9.10. The van der Waals surface area contributed by atoms with E-state index in [1.165, 1.54) is 6.07 Å². The van der Waals surface area contributed by atoms with Gasteiger partial charge < -0.3 is 15.2 Å². The van der Waals surface area contributed by atoms with Gasteiger partial charge in [0.15, 0.2) is 0 Å². The summed E-state index contributed by atoms with van der Waals surface area (Å²) in [5.74, 6) is 4.73. The van der Waals surface area contributed by atoms with Gasteiger partial charge >= 0.3 is 12.1 Å². The van der Waals surface area contributed by atoms with Gasteiger partial charge in [-0.2, -0.15) is 0 Å². The SMILES string of the molecule is CC(C)(C)OC(=O)NCCC#Cc1ccc(Br)c(C(=O)O)c1. The molecule has 0 saturated heterocycles. The van der Waals surface area contributed by atoms with Crippen LogP contribution in [-0.2, 0) is 4.74 Å². The third kappa shape index (κ3) is 6.64. The minimum Gasteiger partial charge on any atom is -0.478 e. The lowest BCUT2D eigenvalue weighted by molar-refractivity contribution is 0.0528. The van der Waals surface area contributed by atoms with Gasteiger partial charge in [-0.25, -0.2) is 9.59 Å². The third-order valence-electron chi connectivity index (χ3n) is 2.35. The maximum Gasteiger partial charge on any atom is 0.407 e. The molecular formula is C16H18BrNO4. The number of carboxylic acids is 1. The van der Waals surface area contributed by atoms with Crippen LogP contribution < -0.4 is 5.32 Å². The Morgan fingerprint density at radius 1 is 1.36 bits per heavy atom. The van der Waals surface area contributed by atoms with Crippen molar-refractivity contribution in [3.8, 4) is 11.8 Å². The largest absolute Gasteiger partial charge is 0.478 e. The summed E-state index contributed by atoms with van der Waals surface area (Å²) in [5.41, 5.74) is 0.247. The molecule has 0 aliphatic rings. The van der Waals surface area contributed by atoms with E-state index in [2.05, 4.69) is 33.1 Å². The molecule has 0 atom stereocenters. The number of benzene rings is 1. The first-order chi connectivity index (χ1) is 10.2. The summed E-state index contributed by atoms with van der Waals surface area (Å²) in [7, 11) is 0. The summed E-state index contributed by atoms with van der Waals surface area (Å²) in [5, 5.41) is 11.6. The van der Waals surface area contributed by atoms with Crippen molar-refractivity contribution in [3.05, 3.63) is 33.8 Å². The molecule has 0 saturated carbocycles. The summed E-state index contributed by atoms with van der Waals surface area (Å²) >= 11 is 3.17. The number of carboxylic acid groups (broad SMARTS) is 1. The second-order valence-electron chi connectivity index (χ2n) is 5.48. The summed E-state index contributed by atoms with van der Waals surface area (Å²) in [6, 6.07) is 4.87. The minimum absolute atomic E-state index is 0.165. The molecule has 0 heterocycles. The first-order valence-corrected chi connectivity index (χ1v) is 7.47. The first kappa shape index (κ1) is 18.1. The van der Waals surface area contributed by atoms with Gasteiger partial charge in [0.05, 0.1) is 5.56 Å². The topological polar surface area (TPSA) is 75.6 Å². The number of halogens is 1. The molecule has 1 aromatic rings. The Hall–Kier alpha value is -2.00. The number of hydrogen-bond acceptors (Lipinski definition) is 3. The van der Waals surface area contributed by atoms with Crippen LogP contribution in [0, 0.1) is 11.8 Å². The molecule has 0 bridgehead atoms. The highest BCUT2D eigenvalue weighted by atomic mass is 79.9. The van der Waals surface area contributed by atoms with Crippen molar-refractivity contribution in [1.29, 1.82) is 0 Å². The van der Waals surface area contributed by atoms with E-state index in [-0.39, 0.29) is 5.56 Å². The van der Waals surface area contributed by atoms with E-state index < -0.39 is 17.7 Å². The van der Waals surface area contributed by atoms with E-state index in [0.29, 0.717) is 23.0 Å². The monoisotopic (exact) mass is 367 g/mol. The third-order valence-corrected chi connectivity index (χ3v) is 3.04. The average molecular weight is 368 g/mol. The molecule has 0 aliphatic heterocycles. The second kappa shape index (κ2) is 7.85. The molecule has 1 aromatic carbocycles. The maximum absolute atomic E-state index is 11.4. The van der Waals surface area contributed by atoms with Crippen LogP contribution in [0.1, 0.15) is 43.1 Å². The van der Waals surface area contributed by atoms with Crippen molar-refractivity contribution < 1.29 is 19.4 Å². The number of nitrogens with one attached hydrogen (secondary N) is 1. The van der Waals surface area contributed by atoms with Gasteiger partial charge in [0.1, 0.15) is 5.60 Å². The standard InChI is InChI=1S/C16H18BrNO4/c1-16(2,3)22-15(21)18-9-5-4-6-11-7-8-13(17)12(10-11)14(19)20/h7-8,10H,5,9H2,1-3H3,(H,18,21)(H,19,20). The van der Waals surface area contributed by atoms with Crippen molar-refractivity contribution in [1.82, 2.24) is 5.32 Å². The van der Waals surface area contributed by atoms with Crippen LogP contribution in [0.3, 0.4) is 0 Å². The number of aromatic carboxylic acids is 1. The molecule has 0 aromatic heterocycles. The van der Waals surface area contributed by atoms with Crippen molar-refractivity contribution >= 4 is 28.0 Å². The van der Waals surface area contributed by atoms with Crippen molar-refractivity contribution in [2.45, 2.75) is 32.8 Å². The van der Waals surface area contributed by atoms with E-state index >= 15 is 0 Å². The molecule has 0 radical (unpaired) electrons. The highest BCUT2D eigenvalue weighted by Crippen LogP contribution is 2.17. The molecule has 1 rings (SSSR count). The summed E-state index contributed by atoms with van der Waals surface area (Å²) in [6.07, 6.45) is -0.0383. The lowest BCUT2D eigenvalue weighted by Gasteiger charge is -2.19. The van der Waals surface area contributed by atoms with Gasteiger partial charge in [0, 0.05) is 23.0 Å². The second-order valence-corrected chi connectivity index (χ2v) is 6.33. The zero-order chi connectivity index (χ0) is 16.8. The van der Waals surface area contributed by atoms with Crippen molar-refractivity contribution in [2.75, 3.05) is 6.54 Å². The Labute approximate surface area is 138 Å². The highest BCUT2D eigenvalue weighted by Gasteiger charge is 2.15. The zero-order valence-electron chi connectivity index (χ0n) is 12.7. The van der Waals surface area contributed by atoms with Gasteiger partial charge in [-0.15, -0.1) is 0 Å². The summed E-state index contributed by atoms with van der Waals surface area (Å²) in [4.78, 5) is 22.4. The molecule has 0 spiro atoms. The summed E-state index contributed by atoms with van der Waals surface area (Å²) < 4.78 is 5.60. The summed E-state index contributed by atoms with van der Waals surface area (Å²) in [6.45, 7) is 5.74. The van der Waals surface area contributed by atoms with Gasteiger partial charge in [0.25, 0.3) is 0 Å². The molecule has 6 heteroatoms. The number of amides is 1. The normalized spacial score (nSPS) is 10.4. The van der Waals surface area contributed by atoms with Crippen LogP contribution in [0.2, 0.25) is 0 Å². The predicted octanol–water partition coefficient (Wildman–Crippen LogP) is 3.41. The number of ether oxygens (including phenoxy) is 1. The fraction of sp³-hybridized carbons (Fsp3) is 0.375. The Morgan fingerprint density at radius 3 is 2.64 bits per heavy atom.